The van der Waals surface area contributed by atoms with E-state index in [1.807, 2.05) is 27.7 Å². The molecule has 0 amide bonds. The summed E-state index contributed by atoms with van der Waals surface area (Å²) in [6.07, 6.45) is 3.45. The van der Waals surface area contributed by atoms with Crippen LogP contribution in [0, 0.1) is 34.5 Å². The minimum atomic E-state index is -1.84. The van der Waals surface area contributed by atoms with Gasteiger partial charge in [0.2, 0.25) is 0 Å². The predicted octanol–water partition coefficient (Wildman–Crippen LogP) is 5.19. The van der Waals surface area contributed by atoms with Crippen LogP contribution in [0.1, 0.15) is 91.9 Å². The van der Waals surface area contributed by atoms with Crippen LogP contribution in [0.25, 0.3) is 0 Å². The molecular weight excluding hydrogens is 459 g/mol. The van der Waals surface area contributed by atoms with Gasteiger partial charge in [0.25, 0.3) is 0 Å². The minimum Gasteiger partial charge on any atom is -0.450 e. The third kappa shape index (κ3) is 3.29. The van der Waals surface area contributed by atoms with E-state index in [4.69, 9.17) is 16.3 Å². The van der Waals surface area contributed by atoms with Gasteiger partial charge in [0.15, 0.2) is 11.4 Å². The molecule has 5 nitrogen and oxygen atoms in total. The SMILES string of the molecule is CCCCC(=O)O[C@]1(C(=O)CCl)[C@@H](C)C[C@H]2[C@@H]3CC[C@@H]4CC(=O)CC[C@]4(C)[C@@]3(F)[C@@H](O)C[C@@]21C. The number of unbranched alkanes of at least 4 members (excludes halogenated alkanes) is 1. The van der Waals surface area contributed by atoms with Crippen molar-refractivity contribution in [1.29, 1.82) is 0 Å². The molecular formula is C27H40ClFO5. The standard InChI is InChI=1S/C27H40ClFO5/c1-5-6-7-23(33)34-27(22(32)15-28)16(2)12-20-19-9-8-17-13-18(30)10-11-24(17,3)26(19,29)21(31)14-25(20,27)4/h16-17,19-21,31H,5-15H2,1-4H3/t16-,17+,19-,20-,21-,24-,25-,26-,27-/m0/s1. The first-order valence-electron chi connectivity index (χ1n) is 13.1. The van der Waals surface area contributed by atoms with Gasteiger partial charge in [-0.3, -0.25) is 14.4 Å². The van der Waals surface area contributed by atoms with E-state index in [0.717, 1.165) is 12.8 Å². The van der Waals surface area contributed by atoms with E-state index in [0.29, 0.717) is 38.5 Å². The lowest BCUT2D eigenvalue weighted by molar-refractivity contribution is -0.257. The van der Waals surface area contributed by atoms with Crippen molar-refractivity contribution >= 4 is 29.1 Å². The molecule has 0 aromatic rings. The number of carbonyl (C=O) groups excluding carboxylic acids is 3. The topological polar surface area (TPSA) is 80.7 Å². The maximum atomic E-state index is 17.4. The van der Waals surface area contributed by atoms with Crippen molar-refractivity contribution in [3.8, 4) is 0 Å². The Bertz CT molecular complexity index is 864. The molecule has 9 atom stereocenters. The highest BCUT2D eigenvalue weighted by Crippen LogP contribution is 2.72. The van der Waals surface area contributed by atoms with Crippen LogP contribution in [0.3, 0.4) is 0 Å². The minimum absolute atomic E-state index is 0.0367. The molecule has 4 saturated carbocycles. The summed E-state index contributed by atoms with van der Waals surface area (Å²) >= 11 is 6.09. The van der Waals surface area contributed by atoms with Gasteiger partial charge in [0.05, 0.1) is 12.0 Å². The van der Waals surface area contributed by atoms with Crippen molar-refractivity contribution in [2.24, 2.45) is 34.5 Å². The van der Waals surface area contributed by atoms with Crippen LogP contribution in [0.4, 0.5) is 4.39 Å². The van der Waals surface area contributed by atoms with Crippen molar-refractivity contribution in [3.05, 3.63) is 0 Å². The van der Waals surface area contributed by atoms with Gasteiger partial charge in [-0.25, -0.2) is 4.39 Å². The summed E-state index contributed by atoms with van der Waals surface area (Å²) < 4.78 is 23.5. The lowest BCUT2D eigenvalue weighted by Gasteiger charge is -2.65. The van der Waals surface area contributed by atoms with Gasteiger partial charge in [-0.1, -0.05) is 34.1 Å². The zero-order valence-electron chi connectivity index (χ0n) is 21.0. The second kappa shape index (κ2) is 8.83. The summed E-state index contributed by atoms with van der Waals surface area (Å²) in [6.45, 7) is 7.71. The number of halogens is 2. The highest BCUT2D eigenvalue weighted by molar-refractivity contribution is 6.29. The van der Waals surface area contributed by atoms with Gasteiger partial charge in [0, 0.05) is 36.0 Å². The molecule has 4 aliphatic carbocycles. The van der Waals surface area contributed by atoms with Crippen LogP contribution in [0.2, 0.25) is 0 Å². The molecule has 0 aromatic carbocycles. The molecule has 0 aromatic heterocycles. The number of carbonyl (C=O) groups is 3. The van der Waals surface area contributed by atoms with Crippen molar-refractivity contribution in [1.82, 2.24) is 0 Å². The molecule has 1 N–H and O–H groups in total. The highest BCUT2D eigenvalue weighted by Gasteiger charge is 2.77. The summed E-state index contributed by atoms with van der Waals surface area (Å²) in [5.41, 5.74) is -5.00. The fraction of sp³-hybridized carbons (Fsp3) is 0.889. The van der Waals surface area contributed by atoms with Gasteiger partial charge >= 0.3 is 5.97 Å². The second-order valence-electron chi connectivity index (χ2n) is 12.1. The molecule has 34 heavy (non-hydrogen) atoms. The van der Waals surface area contributed by atoms with Gasteiger partial charge in [0.1, 0.15) is 11.5 Å². The molecule has 0 aliphatic heterocycles. The van der Waals surface area contributed by atoms with Gasteiger partial charge in [-0.15, -0.1) is 11.6 Å². The van der Waals surface area contributed by atoms with Gasteiger partial charge < -0.3 is 9.84 Å². The van der Waals surface area contributed by atoms with Crippen molar-refractivity contribution in [3.63, 3.8) is 0 Å². The first-order chi connectivity index (χ1) is 15.9. The normalized spacial score (nSPS) is 48.0. The van der Waals surface area contributed by atoms with E-state index in [1.54, 1.807) is 0 Å². The smallest absolute Gasteiger partial charge is 0.306 e. The summed E-state index contributed by atoms with van der Waals surface area (Å²) in [5.74, 6) is -1.98. The number of esters is 1. The fourth-order valence-electron chi connectivity index (χ4n) is 8.89. The van der Waals surface area contributed by atoms with E-state index >= 15 is 4.39 Å². The largest absolute Gasteiger partial charge is 0.450 e. The summed E-state index contributed by atoms with van der Waals surface area (Å²) in [6, 6.07) is 0. The Morgan fingerprint density at radius 2 is 1.91 bits per heavy atom. The van der Waals surface area contributed by atoms with Crippen molar-refractivity contribution in [2.75, 3.05) is 5.88 Å². The van der Waals surface area contributed by atoms with Gasteiger partial charge in [-0.05, 0) is 56.3 Å². The van der Waals surface area contributed by atoms with Gasteiger partial charge in [-0.2, -0.15) is 0 Å². The monoisotopic (exact) mass is 498 g/mol. The molecule has 0 spiro atoms. The molecule has 4 fully saturated rings. The Balaban J connectivity index is 1.77. The number of fused-ring (bicyclic) bond motifs is 5. The second-order valence-corrected chi connectivity index (χ2v) is 12.3. The average molecular weight is 499 g/mol. The molecule has 4 aliphatic rings. The van der Waals surface area contributed by atoms with Crippen molar-refractivity contribution in [2.45, 2.75) is 109 Å². The predicted molar refractivity (Wildman–Crippen MR) is 127 cm³/mol. The number of ether oxygens (including phenoxy) is 1. The Hall–Kier alpha value is -1.01. The van der Waals surface area contributed by atoms with Crippen molar-refractivity contribution < 1.29 is 28.6 Å². The van der Waals surface area contributed by atoms with Crippen LogP contribution in [0.15, 0.2) is 0 Å². The quantitative estimate of drug-likeness (QED) is 0.402. The highest BCUT2D eigenvalue weighted by atomic mass is 35.5. The molecule has 0 radical (unpaired) electrons. The van der Waals surface area contributed by atoms with Crippen LogP contribution in [0.5, 0.6) is 0 Å². The maximum Gasteiger partial charge on any atom is 0.306 e. The number of Topliss-reactive ketones (excluding diaryl/α,β-unsaturated/α-hetero) is 2. The fourth-order valence-corrected chi connectivity index (χ4v) is 9.09. The number of alkyl halides is 2. The summed E-state index contributed by atoms with van der Waals surface area (Å²) in [7, 11) is 0. The molecule has 7 heteroatoms. The van der Waals surface area contributed by atoms with E-state index < -0.39 is 40.1 Å². The lowest BCUT2D eigenvalue weighted by Crippen LogP contribution is -2.71. The number of hydrogen-bond acceptors (Lipinski definition) is 5. The molecule has 192 valence electrons. The van der Waals surface area contributed by atoms with Crippen LogP contribution in [-0.2, 0) is 19.1 Å². The number of hydrogen-bond donors (Lipinski definition) is 1. The van der Waals surface area contributed by atoms with Crippen LogP contribution < -0.4 is 0 Å². The van der Waals surface area contributed by atoms with Crippen LogP contribution >= 0.6 is 11.6 Å². The van der Waals surface area contributed by atoms with E-state index in [2.05, 4.69) is 0 Å². The van der Waals surface area contributed by atoms with E-state index in [1.165, 1.54) is 0 Å². The number of aliphatic hydroxyl groups excluding tert-OH is 1. The van der Waals surface area contributed by atoms with E-state index in [-0.39, 0.29) is 48.0 Å². The molecule has 0 bridgehead atoms. The number of ketones is 2. The molecule has 4 rings (SSSR count). The Labute approximate surface area is 207 Å². The Morgan fingerprint density at radius 3 is 2.56 bits per heavy atom. The Morgan fingerprint density at radius 1 is 1.21 bits per heavy atom. The zero-order chi connectivity index (χ0) is 25.1. The molecule has 0 heterocycles. The molecule has 0 unspecified atom stereocenters. The average Bonchev–Trinajstić information content (AvgIpc) is 3.00. The summed E-state index contributed by atoms with van der Waals surface area (Å²) in [4.78, 5) is 38.5. The first-order valence-corrected chi connectivity index (χ1v) is 13.7. The van der Waals surface area contributed by atoms with E-state index in [9.17, 15) is 19.5 Å². The summed E-state index contributed by atoms with van der Waals surface area (Å²) in [5, 5.41) is 11.5. The maximum absolute atomic E-state index is 17.4. The first kappa shape index (κ1) is 26.1. The number of rotatable bonds is 6. The van der Waals surface area contributed by atoms with Crippen LogP contribution in [-0.4, -0.2) is 45.9 Å². The zero-order valence-corrected chi connectivity index (χ0v) is 21.8. The third-order valence-corrected chi connectivity index (χ3v) is 10.9. The number of aliphatic hydroxyl groups is 1. The third-order valence-electron chi connectivity index (χ3n) is 10.6. The lowest BCUT2D eigenvalue weighted by atomic mass is 9.42. The Kier molecular flexibility index (Phi) is 6.77. The molecule has 0 saturated heterocycles.